The number of nitrogen functional groups attached to an aromatic ring is 1. The van der Waals surface area contributed by atoms with Gasteiger partial charge in [0.15, 0.2) is 0 Å². The normalized spacial score (nSPS) is 10.2. The van der Waals surface area contributed by atoms with Crippen molar-refractivity contribution in [3.8, 4) is 0 Å². The van der Waals surface area contributed by atoms with Gasteiger partial charge in [0.05, 0.1) is 17.0 Å². The van der Waals surface area contributed by atoms with Gasteiger partial charge in [-0.3, -0.25) is 0 Å². The molecule has 2 heterocycles. The molecule has 15 heavy (non-hydrogen) atoms. The summed E-state index contributed by atoms with van der Waals surface area (Å²) >= 11 is 3.33. The first kappa shape index (κ1) is 9.97. The van der Waals surface area contributed by atoms with Crippen LogP contribution in [0.3, 0.4) is 0 Å². The SMILES string of the molecule is Nc1ncc(Br)c(NCc2ccoc2)n1. The molecule has 78 valence electrons. The number of aromatic nitrogens is 2. The van der Waals surface area contributed by atoms with E-state index in [4.69, 9.17) is 10.2 Å². The highest BCUT2D eigenvalue weighted by atomic mass is 79.9. The Morgan fingerprint density at radius 1 is 1.53 bits per heavy atom. The van der Waals surface area contributed by atoms with Crippen molar-refractivity contribution >= 4 is 27.7 Å². The topological polar surface area (TPSA) is 77.0 Å². The molecule has 0 aliphatic heterocycles. The number of nitrogens with zero attached hydrogens (tertiary/aromatic N) is 2. The highest BCUT2D eigenvalue weighted by Crippen LogP contribution is 2.19. The van der Waals surface area contributed by atoms with Crippen LogP contribution in [0.15, 0.2) is 33.7 Å². The molecule has 2 aromatic heterocycles. The molecule has 2 aromatic rings. The predicted octanol–water partition coefficient (Wildman–Crippen LogP) is 2.03. The lowest BCUT2D eigenvalue weighted by atomic mass is 10.3. The lowest BCUT2D eigenvalue weighted by Crippen LogP contribution is -2.04. The Labute approximate surface area is 94.8 Å². The van der Waals surface area contributed by atoms with Crippen LogP contribution in [-0.2, 0) is 6.54 Å². The minimum absolute atomic E-state index is 0.243. The second-order valence-electron chi connectivity index (χ2n) is 2.91. The Kier molecular flexibility index (Phi) is 2.86. The monoisotopic (exact) mass is 268 g/mol. The van der Waals surface area contributed by atoms with Crippen molar-refractivity contribution in [3.63, 3.8) is 0 Å². The molecule has 2 rings (SSSR count). The lowest BCUT2D eigenvalue weighted by molar-refractivity contribution is 0.564. The molecule has 3 N–H and O–H groups in total. The van der Waals surface area contributed by atoms with Crippen molar-refractivity contribution in [2.75, 3.05) is 11.1 Å². The Morgan fingerprint density at radius 3 is 3.13 bits per heavy atom. The molecule has 0 aliphatic carbocycles. The van der Waals surface area contributed by atoms with Gasteiger partial charge >= 0.3 is 0 Å². The molecule has 0 saturated carbocycles. The molecule has 0 aliphatic rings. The van der Waals surface area contributed by atoms with E-state index in [1.165, 1.54) is 0 Å². The van der Waals surface area contributed by atoms with E-state index in [9.17, 15) is 0 Å². The van der Waals surface area contributed by atoms with E-state index in [2.05, 4.69) is 31.2 Å². The zero-order chi connectivity index (χ0) is 10.7. The molecule has 0 aromatic carbocycles. The smallest absolute Gasteiger partial charge is 0.221 e. The van der Waals surface area contributed by atoms with Crippen molar-refractivity contribution in [1.29, 1.82) is 0 Å². The zero-order valence-electron chi connectivity index (χ0n) is 7.77. The van der Waals surface area contributed by atoms with Crippen LogP contribution in [0.25, 0.3) is 0 Å². The first-order chi connectivity index (χ1) is 7.25. The lowest BCUT2D eigenvalue weighted by Gasteiger charge is -2.05. The number of rotatable bonds is 3. The largest absolute Gasteiger partial charge is 0.472 e. The van der Waals surface area contributed by atoms with Crippen molar-refractivity contribution in [1.82, 2.24) is 9.97 Å². The van der Waals surface area contributed by atoms with Crippen LogP contribution in [0, 0.1) is 0 Å². The second kappa shape index (κ2) is 4.31. The minimum atomic E-state index is 0.243. The van der Waals surface area contributed by atoms with Gasteiger partial charge in [-0.15, -0.1) is 0 Å². The molecular weight excluding hydrogens is 260 g/mol. The van der Waals surface area contributed by atoms with E-state index in [1.54, 1.807) is 18.7 Å². The van der Waals surface area contributed by atoms with Crippen molar-refractivity contribution in [2.45, 2.75) is 6.54 Å². The van der Waals surface area contributed by atoms with Crippen LogP contribution in [-0.4, -0.2) is 9.97 Å². The van der Waals surface area contributed by atoms with Crippen molar-refractivity contribution in [2.24, 2.45) is 0 Å². The molecule has 0 radical (unpaired) electrons. The van der Waals surface area contributed by atoms with E-state index in [1.807, 2.05) is 6.07 Å². The van der Waals surface area contributed by atoms with E-state index in [-0.39, 0.29) is 5.95 Å². The summed E-state index contributed by atoms with van der Waals surface area (Å²) in [7, 11) is 0. The third-order valence-corrected chi connectivity index (χ3v) is 2.38. The highest BCUT2D eigenvalue weighted by molar-refractivity contribution is 9.10. The van der Waals surface area contributed by atoms with Gasteiger partial charge in [-0.25, -0.2) is 4.98 Å². The van der Waals surface area contributed by atoms with Gasteiger partial charge in [-0.05, 0) is 22.0 Å². The van der Waals surface area contributed by atoms with Gasteiger partial charge in [0.1, 0.15) is 5.82 Å². The third kappa shape index (κ3) is 2.47. The van der Waals surface area contributed by atoms with Crippen LogP contribution in [0.4, 0.5) is 11.8 Å². The fraction of sp³-hybridized carbons (Fsp3) is 0.111. The van der Waals surface area contributed by atoms with Crippen LogP contribution in [0.2, 0.25) is 0 Å². The Morgan fingerprint density at radius 2 is 2.40 bits per heavy atom. The summed E-state index contributed by atoms with van der Waals surface area (Å²) in [4.78, 5) is 7.90. The number of nitrogens with one attached hydrogen (secondary N) is 1. The van der Waals surface area contributed by atoms with Crippen LogP contribution in [0.5, 0.6) is 0 Å². The van der Waals surface area contributed by atoms with Crippen LogP contribution < -0.4 is 11.1 Å². The number of nitrogens with two attached hydrogens (primary N) is 1. The van der Waals surface area contributed by atoms with Gasteiger partial charge < -0.3 is 15.5 Å². The zero-order valence-corrected chi connectivity index (χ0v) is 9.36. The maximum atomic E-state index is 5.47. The summed E-state index contributed by atoms with van der Waals surface area (Å²) in [5.74, 6) is 0.914. The van der Waals surface area contributed by atoms with E-state index in [0.29, 0.717) is 12.4 Å². The van der Waals surface area contributed by atoms with Gasteiger partial charge in [0, 0.05) is 18.3 Å². The average molecular weight is 269 g/mol. The number of furan rings is 1. The Balaban J connectivity index is 2.07. The van der Waals surface area contributed by atoms with E-state index < -0.39 is 0 Å². The molecule has 0 amide bonds. The maximum Gasteiger partial charge on any atom is 0.221 e. The molecule has 0 saturated heterocycles. The number of hydrogen-bond acceptors (Lipinski definition) is 5. The third-order valence-electron chi connectivity index (χ3n) is 1.80. The second-order valence-corrected chi connectivity index (χ2v) is 3.76. The maximum absolute atomic E-state index is 5.47. The first-order valence-corrected chi connectivity index (χ1v) is 5.08. The Hall–Kier alpha value is -1.56. The Bertz CT molecular complexity index is 443. The van der Waals surface area contributed by atoms with Gasteiger partial charge in [0.2, 0.25) is 5.95 Å². The molecule has 0 bridgehead atoms. The fourth-order valence-corrected chi connectivity index (χ4v) is 1.41. The van der Waals surface area contributed by atoms with Crippen molar-refractivity contribution in [3.05, 3.63) is 34.8 Å². The summed E-state index contributed by atoms with van der Waals surface area (Å²) in [5, 5.41) is 3.12. The summed E-state index contributed by atoms with van der Waals surface area (Å²) in [5.41, 5.74) is 6.52. The fourth-order valence-electron chi connectivity index (χ4n) is 1.08. The number of halogens is 1. The molecular formula is C9H9BrN4O. The summed E-state index contributed by atoms with van der Waals surface area (Å²) in [6.45, 7) is 0.631. The molecule has 6 heteroatoms. The molecule has 0 atom stereocenters. The molecule has 0 unspecified atom stereocenters. The quantitative estimate of drug-likeness (QED) is 0.891. The average Bonchev–Trinajstić information content (AvgIpc) is 2.72. The summed E-state index contributed by atoms with van der Waals surface area (Å²) in [6.07, 6.45) is 4.91. The summed E-state index contributed by atoms with van der Waals surface area (Å²) in [6, 6.07) is 1.88. The van der Waals surface area contributed by atoms with E-state index >= 15 is 0 Å². The van der Waals surface area contributed by atoms with Crippen molar-refractivity contribution < 1.29 is 4.42 Å². The standard InChI is InChI=1S/C9H9BrN4O/c10-7-4-13-9(11)14-8(7)12-3-6-1-2-15-5-6/h1-2,4-5H,3H2,(H3,11,12,13,14). The molecule has 0 spiro atoms. The van der Waals surface area contributed by atoms with E-state index in [0.717, 1.165) is 10.0 Å². The van der Waals surface area contributed by atoms with Gasteiger partial charge in [0.25, 0.3) is 0 Å². The molecule has 5 nitrogen and oxygen atoms in total. The number of anilines is 2. The van der Waals surface area contributed by atoms with Crippen LogP contribution in [0.1, 0.15) is 5.56 Å². The van der Waals surface area contributed by atoms with Gasteiger partial charge in [-0.2, -0.15) is 4.98 Å². The molecule has 0 fully saturated rings. The highest BCUT2D eigenvalue weighted by Gasteiger charge is 2.03. The summed E-state index contributed by atoms with van der Waals surface area (Å²) < 4.78 is 5.73. The number of hydrogen-bond donors (Lipinski definition) is 2. The van der Waals surface area contributed by atoms with Gasteiger partial charge in [-0.1, -0.05) is 0 Å². The first-order valence-electron chi connectivity index (χ1n) is 4.28. The van der Waals surface area contributed by atoms with Crippen LogP contribution >= 0.6 is 15.9 Å². The minimum Gasteiger partial charge on any atom is -0.472 e. The predicted molar refractivity (Wildman–Crippen MR) is 60.2 cm³/mol.